The number of amides is 2. The molecule has 2 fully saturated rings. The average molecular weight is 252 g/mol. The summed E-state index contributed by atoms with van der Waals surface area (Å²) >= 11 is 0. The van der Waals surface area contributed by atoms with Crippen LogP contribution in [0.1, 0.15) is 39.5 Å². The summed E-state index contributed by atoms with van der Waals surface area (Å²) in [7, 11) is 0. The number of piperidine rings is 2. The molecule has 0 radical (unpaired) electrons. The van der Waals surface area contributed by atoms with Gasteiger partial charge in [0.05, 0.1) is 0 Å². The molecule has 2 saturated heterocycles. The van der Waals surface area contributed by atoms with Crippen molar-refractivity contribution in [1.82, 2.24) is 9.80 Å². The van der Waals surface area contributed by atoms with Gasteiger partial charge in [0.25, 0.3) is 0 Å². The smallest absolute Gasteiger partial charge is 0.225 e. The number of likely N-dealkylation sites (tertiary alicyclic amines) is 2. The Hall–Kier alpha value is -1.06. The van der Waals surface area contributed by atoms with Crippen LogP contribution in [0.15, 0.2) is 0 Å². The van der Waals surface area contributed by atoms with Gasteiger partial charge >= 0.3 is 0 Å². The van der Waals surface area contributed by atoms with Crippen molar-refractivity contribution in [3.63, 3.8) is 0 Å². The first-order chi connectivity index (χ1) is 8.58. The summed E-state index contributed by atoms with van der Waals surface area (Å²) < 4.78 is 0. The number of rotatable bonds is 1. The zero-order chi connectivity index (χ0) is 13.1. The van der Waals surface area contributed by atoms with E-state index >= 15 is 0 Å². The molecule has 0 aromatic rings. The van der Waals surface area contributed by atoms with Crippen molar-refractivity contribution >= 4 is 11.8 Å². The third-order valence-corrected chi connectivity index (χ3v) is 4.26. The van der Waals surface area contributed by atoms with Gasteiger partial charge in [-0.2, -0.15) is 0 Å². The van der Waals surface area contributed by atoms with Crippen molar-refractivity contribution in [2.75, 3.05) is 26.2 Å². The van der Waals surface area contributed by atoms with Crippen LogP contribution in [0, 0.1) is 11.8 Å². The Morgan fingerprint density at radius 3 is 2.22 bits per heavy atom. The third-order valence-electron chi connectivity index (χ3n) is 4.26. The van der Waals surface area contributed by atoms with E-state index in [2.05, 4.69) is 6.92 Å². The highest BCUT2D eigenvalue weighted by atomic mass is 16.2. The number of nitrogens with zero attached hydrogens (tertiary/aromatic N) is 2. The minimum Gasteiger partial charge on any atom is -0.343 e. The molecule has 0 spiro atoms. The molecule has 4 heteroatoms. The van der Waals surface area contributed by atoms with Crippen LogP contribution in [0.4, 0.5) is 0 Å². The largest absolute Gasteiger partial charge is 0.343 e. The van der Waals surface area contributed by atoms with E-state index in [0.717, 1.165) is 45.4 Å². The van der Waals surface area contributed by atoms with Crippen molar-refractivity contribution in [3.05, 3.63) is 0 Å². The molecule has 0 aromatic heterocycles. The highest BCUT2D eigenvalue weighted by Gasteiger charge is 2.30. The van der Waals surface area contributed by atoms with Gasteiger partial charge in [0.2, 0.25) is 11.8 Å². The van der Waals surface area contributed by atoms with Crippen molar-refractivity contribution < 1.29 is 9.59 Å². The van der Waals surface area contributed by atoms with Gasteiger partial charge < -0.3 is 9.80 Å². The van der Waals surface area contributed by atoms with E-state index in [-0.39, 0.29) is 11.8 Å². The Labute approximate surface area is 109 Å². The maximum atomic E-state index is 12.4. The molecule has 102 valence electrons. The summed E-state index contributed by atoms with van der Waals surface area (Å²) in [6.07, 6.45) is 4.05. The van der Waals surface area contributed by atoms with E-state index < -0.39 is 0 Å². The first-order valence-electron chi connectivity index (χ1n) is 7.12. The van der Waals surface area contributed by atoms with Gasteiger partial charge in [-0.15, -0.1) is 0 Å². The van der Waals surface area contributed by atoms with Crippen LogP contribution in [0.5, 0.6) is 0 Å². The number of carbonyl (C=O) groups is 2. The molecule has 0 unspecified atom stereocenters. The molecular formula is C14H24N2O2. The van der Waals surface area contributed by atoms with Crippen LogP contribution in [-0.2, 0) is 9.59 Å². The second-order valence-corrected chi connectivity index (χ2v) is 5.81. The lowest BCUT2D eigenvalue weighted by Crippen LogP contribution is -2.46. The Balaban J connectivity index is 1.85. The second-order valence-electron chi connectivity index (χ2n) is 5.81. The van der Waals surface area contributed by atoms with Crippen LogP contribution in [0.2, 0.25) is 0 Å². The lowest BCUT2D eigenvalue weighted by atomic mass is 9.93. The molecule has 0 N–H and O–H groups in total. The van der Waals surface area contributed by atoms with Crippen LogP contribution in [0.3, 0.4) is 0 Å². The first-order valence-corrected chi connectivity index (χ1v) is 7.12. The van der Waals surface area contributed by atoms with Gasteiger partial charge in [0.15, 0.2) is 0 Å². The molecule has 4 nitrogen and oxygen atoms in total. The third kappa shape index (κ3) is 3.03. The molecule has 2 aliphatic heterocycles. The highest BCUT2D eigenvalue weighted by Crippen LogP contribution is 2.23. The molecule has 0 aromatic carbocycles. The van der Waals surface area contributed by atoms with E-state index in [1.807, 2.05) is 9.80 Å². The van der Waals surface area contributed by atoms with Crippen LogP contribution < -0.4 is 0 Å². The lowest BCUT2D eigenvalue weighted by Gasteiger charge is -2.36. The molecular weight excluding hydrogens is 228 g/mol. The fraction of sp³-hybridized carbons (Fsp3) is 0.857. The maximum Gasteiger partial charge on any atom is 0.225 e. The number of hydrogen-bond acceptors (Lipinski definition) is 2. The van der Waals surface area contributed by atoms with Crippen LogP contribution >= 0.6 is 0 Å². The lowest BCUT2D eigenvalue weighted by molar-refractivity contribution is -0.141. The van der Waals surface area contributed by atoms with E-state index in [0.29, 0.717) is 11.8 Å². The van der Waals surface area contributed by atoms with Gasteiger partial charge in [-0.25, -0.2) is 0 Å². The van der Waals surface area contributed by atoms with Gasteiger partial charge in [-0.1, -0.05) is 6.92 Å². The molecule has 2 heterocycles. The number of hydrogen-bond donors (Lipinski definition) is 0. The van der Waals surface area contributed by atoms with Crippen LogP contribution in [0.25, 0.3) is 0 Å². The predicted molar refractivity (Wildman–Crippen MR) is 70.0 cm³/mol. The van der Waals surface area contributed by atoms with Crippen LogP contribution in [-0.4, -0.2) is 47.8 Å². The zero-order valence-corrected chi connectivity index (χ0v) is 11.5. The first kappa shape index (κ1) is 13.4. The molecule has 2 aliphatic rings. The van der Waals surface area contributed by atoms with E-state index in [4.69, 9.17) is 0 Å². The Morgan fingerprint density at radius 2 is 1.67 bits per heavy atom. The zero-order valence-electron chi connectivity index (χ0n) is 11.5. The monoisotopic (exact) mass is 252 g/mol. The van der Waals surface area contributed by atoms with Crippen molar-refractivity contribution in [3.8, 4) is 0 Å². The number of carbonyl (C=O) groups excluding carboxylic acids is 2. The quantitative estimate of drug-likeness (QED) is 0.709. The molecule has 18 heavy (non-hydrogen) atoms. The van der Waals surface area contributed by atoms with Gasteiger partial charge in [0, 0.05) is 39.0 Å². The normalized spacial score (nSPS) is 26.2. The SMILES string of the molecule is CC(=O)N1CCC(C(=O)N2CCC[C@H](C)C2)CC1. The maximum absolute atomic E-state index is 12.4. The summed E-state index contributed by atoms with van der Waals surface area (Å²) in [4.78, 5) is 27.5. The fourth-order valence-electron chi connectivity index (χ4n) is 3.09. The fourth-order valence-corrected chi connectivity index (χ4v) is 3.09. The van der Waals surface area contributed by atoms with Crippen molar-refractivity contribution in [1.29, 1.82) is 0 Å². The molecule has 2 amide bonds. The predicted octanol–water partition coefficient (Wildman–Crippen LogP) is 1.50. The summed E-state index contributed by atoms with van der Waals surface area (Å²) in [5.74, 6) is 1.24. The van der Waals surface area contributed by atoms with Crippen molar-refractivity contribution in [2.45, 2.75) is 39.5 Å². The topological polar surface area (TPSA) is 40.6 Å². The highest BCUT2D eigenvalue weighted by molar-refractivity contribution is 5.79. The van der Waals surface area contributed by atoms with Crippen molar-refractivity contribution in [2.24, 2.45) is 11.8 Å². The molecule has 1 atom stereocenters. The Kier molecular flexibility index (Phi) is 4.25. The van der Waals surface area contributed by atoms with Gasteiger partial charge in [-0.05, 0) is 31.6 Å². The molecule has 0 bridgehead atoms. The summed E-state index contributed by atoms with van der Waals surface area (Å²) in [5, 5.41) is 0. The standard InChI is InChI=1S/C14H24N2O2/c1-11-4-3-7-16(10-11)14(18)13-5-8-15(9-6-13)12(2)17/h11,13H,3-10H2,1-2H3/t11-/m0/s1. The second kappa shape index (κ2) is 5.72. The molecule has 0 saturated carbocycles. The average Bonchev–Trinajstić information content (AvgIpc) is 2.38. The summed E-state index contributed by atoms with van der Waals surface area (Å²) in [5.41, 5.74) is 0. The summed E-state index contributed by atoms with van der Waals surface area (Å²) in [6.45, 7) is 7.17. The van der Waals surface area contributed by atoms with Gasteiger partial charge in [-0.3, -0.25) is 9.59 Å². The Morgan fingerprint density at radius 1 is 1.00 bits per heavy atom. The minimum absolute atomic E-state index is 0.132. The Bertz CT molecular complexity index is 322. The minimum atomic E-state index is 0.132. The summed E-state index contributed by atoms with van der Waals surface area (Å²) in [6, 6.07) is 0. The molecule has 2 rings (SSSR count). The van der Waals surface area contributed by atoms with E-state index in [1.54, 1.807) is 6.92 Å². The molecule has 0 aliphatic carbocycles. The van der Waals surface area contributed by atoms with E-state index in [9.17, 15) is 9.59 Å². The van der Waals surface area contributed by atoms with E-state index in [1.165, 1.54) is 6.42 Å². The van der Waals surface area contributed by atoms with Gasteiger partial charge in [0.1, 0.15) is 0 Å².